The van der Waals surface area contributed by atoms with Crippen molar-refractivity contribution in [3.63, 3.8) is 0 Å². The Morgan fingerprint density at radius 2 is 1.90 bits per heavy atom. The summed E-state index contributed by atoms with van der Waals surface area (Å²) in [7, 11) is -1.21. The third kappa shape index (κ3) is 10.9. The Labute approximate surface area is 69.4 Å². The lowest BCUT2D eigenvalue weighted by Crippen LogP contribution is -2.17. The Balaban J connectivity index is 0. The second-order valence-corrected chi connectivity index (χ2v) is 7.64. The van der Waals surface area contributed by atoms with Gasteiger partial charge in [0, 0.05) is 0 Å². The molecule has 2 N–H and O–H groups in total. The first-order valence-electron chi connectivity index (χ1n) is 2.93. The number of rotatable bonds is 1. The molecule has 0 radical (unpaired) electrons. The molecule has 0 atom stereocenters. The summed E-state index contributed by atoms with van der Waals surface area (Å²) in [6, 6.07) is 0. The van der Waals surface area contributed by atoms with Gasteiger partial charge in [0.15, 0.2) is 0 Å². The molecule has 0 amide bonds. The molecule has 0 aliphatic rings. The lowest BCUT2D eigenvalue weighted by atomic mass is 10.7. The number of hydrogen-bond acceptors (Lipinski definition) is 2. The molecular formula is C6H14ClNOSi. The zero-order valence-corrected chi connectivity index (χ0v) is 8.38. The van der Waals surface area contributed by atoms with Crippen molar-refractivity contribution in [3.05, 3.63) is 0 Å². The van der Waals surface area contributed by atoms with E-state index in [1.165, 1.54) is 0 Å². The summed E-state index contributed by atoms with van der Waals surface area (Å²) in [5.74, 6) is 2.83. The molecule has 0 aromatic heterocycles. The molecule has 0 aromatic carbocycles. The van der Waals surface area contributed by atoms with E-state index in [2.05, 4.69) is 31.1 Å². The van der Waals surface area contributed by atoms with Crippen LogP contribution in [-0.2, 0) is 0 Å². The lowest BCUT2D eigenvalue weighted by molar-refractivity contribution is 0.182. The summed E-state index contributed by atoms with van der Waals surface area (Å²) >= 11 is 0. The molecule has 0 bridgehead atoms. The quantitative estimate of drug-likeness (QED) is 0.361. The average molecular weight is 180 g/mol. The van der Waals surface area contributed by atoms with Gasteiger partial charge >= 0.3 is 0 Å². The van der Waals surface area contributed by atoms with Crippen LogP contribution in [0.1, 0.15) is 0 Å². The van der Waals surface area contributed by atoms with Gasteiger partial charge in [-0.15, -0.1) is 18.0 Å². The summed E-state index contributed by atoms with van der Waals surface area (Å²) in [6.07, 6.45) is 0. The third-order valence-electron chi connectivity index (χ3n) is 0.631. The van der Waals surface area contributed by atoms with Gasteiger partial charge in [-0.05, 0) is 0 Å². The van der Waals surface area contributed by atoms with Gasteiger partial charge in [-0.1, -0.05) is 25.6 Å². The summed E-state index contributed by atoms with van der Waals surface area (Å²) in [4.78, 5) is 0. The first-order chi connectivity index (χ1) is 4.06. The molecule has 0 fully saturated rings. The summed E-state index contributed by atoms with van der Waals surface area (Å²) in [5.41, 5.74) is 5.08. The van der Waals surface area contributed by atoms with E-state index in [0.717, 1.165) is 0 Å². The van der Waals surface area contributed by atoms with Crippen molar-refractivity contribution in [1.82, 2.24) is 5.48 Å². The minimum absolute atomic E-state index is 0. The fourth-order valence-corrected chi connectivity index (χ4v) is 0.968. The Hall–Kier alpha value is -0.0131. The predicted octanol–water partition coefficient (Wildman–Crippen LogP) is 1.27. The number of halogens is 1. The van der Waals surface area contributed by atoms with E-state index in [-0.39, 0.29) is 12.4 Å². The highest BCUT2D eigenvalue weighted by molar-refractivity contribution is 6.83. The van der Waals surface area contributed by atoms with E-state index in [1.54, 1.807) is 0 Å². The second kappa shape index (κ2) is 5.75. The highest BCUT2D eigenvalue weighted by Gasteiger charge is 2.06. The van der Waals surface area contributed by atoms with Gasteiger partial charge in [0.25, 0.3) is 0 Å². The molecule has 0 spiro atoms. The maximum absolute atomic E-state index is 8.13. The molecule has 10 heavy (non-hydrogen) atoms. The number of hydroxylamine groups is 1. The van der Waals surface area contributed by atoms with Crippen LogP contribution in [0.15, 0.2) is 0 Å². The number of nitrogens with one attached hydrogen (secondary N) is 1. The molecule has 0 aromatic rings. The largest absolute Gasteiger partial charge is 0.316 e. The fourth-order valence-electron chi connectivity index (χ4n) is 0.349. The summed E-state index contributed by atoms with van der Waals surface area (Å²) < 4.78 is 0. The predicted molar refractivity (Wildman–Crippen MR) is 48.2 cm³/mol. The van der Waals surface area contributed by atoms with Crippen LogP contribution in [0.3, 0.4) is 0 Å². The van der Waals surface area contributed by atoms with Crippen molar-refractivity contribution in [1.29, 1.82) is 0 Å². The Kier molecular flexibility index (Phi) is 7.27. The lowest BCUT2D eigenvalue weighted by Gasteiger charge is -2.02. The van der Waals surface area contributed by atoms with Gasteiger partial charge in [-0.25, -0.2) is 0 Å². The smallest absolute Gasteiger partial charge is 0.129 e. The standard InChI is InChI=1S/C6H13NOSi.ClH/c1-9(2,3)6-4-5-7-8;/h7-8H,5H2,1-3H3;1H. The molecule has 0 aliphatic heterocycles. The van der Waals surface area contributed by atoms with Crippen molar-refractivity contribution >= 4 is 20.5 Å². The minimum atomic E-state index is -1.21. The van der Waals surface area contributed by atoms with Crippen LogP contribution < -0.4 is 5.48 Å². The van der Waals surface area contributed by atoms with Crippen molar-refractivity contribution in [2.24, 2.45) is 0 Å². The van der Waals surface area contributed by atoms with Crippen molar-refractivity contribution < 1.29 is 5.21 Å². The molecule has 0 unspecified atom stereocenters. The van der Waals surface area contributed by atoms with Crippen LogP contribution in [0.4, 0.5) is 0 Å². The second-order valence-electron chi connectivity index (χ2n) is 2.89. The molecule has 60 valence electrons. The summed E-state index contributed by atoms with van der Waals surface area (Å²) in [6.45, 7) is 6.87. The van der Waals surface area contributed by atoms with Crippen LogP contribution in [-0.4, -0.2) is 19.8 Å². The van der Waals surface area contributed by atoms with Crippen LogP contribution in [0.5, 0.6) is 0 Å². The number of hydrogen-bond donors (Lipinski definition) is 2. The average Bonchev–Trinajstić information content (AvgIpc) is 1.63. The van der Waals surface area contributed by atoms with E-state index in [4.69, 9.17) is 5.21 Å². The van der Waals surface area contributed by atoms with Gasteiger partial charge < -0.3 is 5.21 Å². The first kappa shape index (κ1) is 12.6. The fraction of sp³-hybridized carbons (Fsp3) is 0.667. The van der Waals surface area contributed by atoms with E-state index in [0.29, 0.717) is 6.54 Å². The third-order valence-corrected chi connectivity index (χ3v) is 1.56. The SMILES string of the molecule is C[Si](C)(C)C#CCNO.Cl. The van der Waals surface area contributed by atoms with Crippen LogP contribution >= 0.6 is 12.4 Å². The van der Waals surface area contributed by atoms with Gasteiger partial charge in [-0.2, -0.15) is 5.48 Å². The first-order valence-corrected chi connectivity index (χ1v) is 6.43. The zero-order chi connectivity index (χ0) is 7.33. The molecule has 0 aliphatic carbocycles. The van der Waals surface area contributed by atoms with E-state index < -0.39 is 8.07 Å². The van der Waals surface area contributed by atoms with Gasteiger partial charge in [0.05, 0.1) is 6.54 Å². The highest BCUT2D eigenvalue weighted by atomic mass is 35.5. The van der Waals surface area contributed by atoms with Crippen LogP contribution in [0.25, 0.3) is 0 Å². The maximum Gasteiger partial charge on any atom is 0.129 e. The summed E-state index contributed by atoms with van der Waals surface area (Å²) in [5, 5.41) is 8.13. The van der Waals surface area contributed by atoms with Gasteiger partial charge in [0.1, 0.15) is 8.07 Å². The molecule has 0 saturated carbocycles. The molecule has 0 heterocycles. The minimum Gasteiger partial charge on any atom is -0.316 e. The molecule has 0 rings (SSSR count). The normalized spacial score (nSPS) is 9.20. The maximum atomic E-state index is 8.13. The van der Waals surface area contributed by atoms with Crippen molar-refractivity contribution in [3.8, 4) is 11.5 Å². The van der Waals surface area contributed by atoms with Gasteiger partial charge in [-0.3, -0.25) is 0 Å². The molecule has 4 heteroatoms. The monoisotopic (exact) mass is 179 g/mol. The Morgan fingerprint density at radius 1 is 1.40 bits per heavy atom. The highest BCUT2D eigenvalue weighted by Crippen LogP contribution is 1.95. The van der Waals surface area contributed by atoms with Crippen LogP contribution in [0, 0.1) is 11.5 Å². The van der Waals surface area contributed by atoms with E-state index in [9.17, 15) is 0 Å². The Morgan fingerprint density at radius 3 is 2.20 bits per heavy atom. The molecule has 2 nitrogen and oxygen atoms in total. The van der Waals surface area contributed by atoms with Crippen LogP contribution in [0.2, 0.25) is 19.6 Å². The molecule has 0 saturated heterocycles. The van der Waals surface area contributed by atoms with Crippen molar-refractivity contribution in [2.75, 3.05) is 6.54 Å². The van der Waals surface area contributed by atoms with E-state index in [1.807, 2.05) is 5.48 Å². The zero-order valence-electron chi connectivity index (χ0n) is 6.56. The molecular weight excluding hydrogens is 166 g/mol. The topological polar surface area (TPSA) is 32.3 Å². The van der Waals surface area contributed by atoms with E-state index >= 15 is 0 Å². The Bertz CT molecular complexity index is 133. The van der Waals surface area contributed by atoms with Crippen molar-refractivity contribution in [2.45, 2.75) is 19.6 Å². The van der Waals surface area contributed by atoms with Gasteiger partial charge in [0.2, 0.25) is 0 Å².